The lowest BCUT2D eigenvalue weighted by molar-refractivity contribution is -0.142. The summed E-state index contributed by atoms with van der Waals surface area (Å²) in [6.45, 7) is 7.64. The minimum atomic E-state index is -0.678. The summed E-state index contributed by atoms with van der Waals surface area (Å²) >= 11 is 12.1. The Kier molecular flexibility index (Phi) is 9.00. The number of ether oxygens (including phenoxy) is 1. The van der Waals surface area contributed by atoms with Crippen LogP contribution >= 0.6 is 23.2 Å². The predicted octanol–water partition coefficient (Wildman–Crippen LogP) is 5.01. The van der Waals surface area contributed by atoms with Gasteiger partial charge in [0.2, 0.25) is 5.91 Å². The Morgan fingerprint density at radius 2 is 1.73 bits per heavy atom. The van der Waals surface area contributed by atoms with Crippen molar-refractivity contribution in [1.29, 1.82) is 0 Å². The van der Waals surface area contributed by atoms with Gasteiger partial charge in [-0.15, -0.1) is 0 Å². The Morgan fingerprint density at radius 1 is 1.07 bits per heavy atom. The van der Waals surface area contributed by atoms with E-state index in [2.05, 4.69) is 5.32 Å². The third kappa shape index (κ3) is 6.92. The van der Waals surface area contributed by atoms with E-state index in [1.54, 1.807) is 25.1 Å². The van der Waals surface area contributed by atoms with Crippen molar-refractivity contribution in [2.24, 2.45) is 0 Å². The molecule has 0 saturated carbocycles. The van der Waals surface area contributed by atoms with Crippen molar-refractivity contribution in [3.8, 4) is 5.75 Å². The molecule has 0 unspecified atom stereocenters. The van der Waals surface area contributed by atoms with E-state index in [1.807, 2.05) is 45.0 Å². The molecule has 7 heteroatoms. The molecule has 0 aliphatic rings. The zero-order valence-electron chi connectivity index (χ0n) is 17.7. The second-order valence-electron chi connectivity index (χ2n) is 7.37. The zero-order valence-corrected chi connectivity index (χ0v) is 19.3. The van der Waals surface area contributed by atoms with Gasteiger partial charge in [-0.1, -0.05) is 53.9 Å². The number of carbonyl (C=O) groups is 2. The molecule has 2 rings (SSSR count). The van der Waals surface area contributed by atoms with E-state index < -0.39 is 6.04 Å². The average molecular weight is 451 g/mol. The SMILES string of the molecule is CC[C@@H](C)NC(=O)[C@H](C)N(Cc1ccc(Cl)c(Cl)c1)C(=O)COc1ccc(C)cc1. The third-order valence-corrected chi connectivity index (χ3v) is 5.63. The molecule has 2 amide bonds. The first-order chi connectivity index (χ1) is 14.2. The largest absolute Gasteiger partial charge is 0.484 e. The third-order valence-electron chi connectivity index (χ3n) is 4.89. The van der Waals surface area contributed by atoms with Crippen LogP contribution in [-0.2, 0) is 16.1 Å². The van der Waals surface area contributed by atoms with Crippen LogP contribution in [0.2, 0.25) is 10.0 Å². The van der Waals surface area contributed by atoms with Gasteiger partial charge in [0.25, 0.3) is 5.91 Å². The normalized spacial score (nSPS) is 12.7. The molecular formula is C23H28Cl2N2O3. The van der Waals surface area contributed by atoms with Crippen molar-refractivity contribution in [1.82, 2.24) is 10.2 Å². The number of rotatable bonds is 9. The number of carbonyl (C=O) groups excluding carboxylic acids is 2. The maximum absolute atomic E-state index is 13.0. The number of hydrogen-bond donors (Lipinski definition) is 1. The van der Waals surface area contributed by atoms with Gasteiger partial charge in [-0.25, -0.2) is 0 Å². The van der Waals surface area contributed by atoms with E-state index in [4.69, 9.17) is 27.9 Å². The maximum atomic E-state index is 13.0. The fourth-order valence-corrected chi connectivity index (χ4v) is 3.07. The molecule has 30 heavy (non-hydrogen) atoms. The van der Waals surface area contributed by atoms with Crippen LogP contribution < -0.4 is 10.1 Å². The standard InChI is InChI=1S/C23H28Cl2N2O3/c1-5-16(3)26-23(29)17(4)27(13-18-8-11-20(24)21(25)12-18)22(28)14-30-19-9-6-15(2)7-10-19/h6-12,16-17H,5,13-14H2,1-4H3,(H,26,29)/t16-,17+/m1/s1. The van der Waals surface area contributed by atoms with Crippen molar-refractivity contribution in [3.05, 3.63) is 63.6 Å². The van der Waals surface area contributed by atoms with E-state index in [0.29, 0.717) is 15.8 Å². The topological polar surface area (TPSA) is 58.6 Å². The zero-order chi connectivity index (χ0) is 22.3. The van der Waals surface area contributed by atoms with Crippen LogP contribution in [0.4, 0.5) is 0 Å². The monoisotopic (exact) mass is 450 g/mol. The van der Waals surface area contributed by atoms with Crippen LogP contribution in [0.1, 0.15) is 38.3 Å². The Hall–Kier alpha value is -2.24. The number of aryl methyl sites for hydroxylation is 1. The van der Waals surface area contributed by atoms with E-state index in [-0.39, 0.29) is 31.0 Å². The first-order valence-electron chi connectivity index (χ1n) is 9.94. The summed E-state index contributed by atoms with van der Waals surface area (Å²) in [6, 6.07) is 11.9. The van der Waals surface area contributed by atoms with Gasteiger partial charge in [-0.3, -0.25) is 9.59 Å². The molecular weight excluding hydrogens is 423 g/mol. The van der Waals surface area contributed by atoms with Gasteiger partial charge in [-0.05, 0) is 57.0 Å². The van der Waals surface area contributed by atoms with Crippen LogP contribution in [-0.4, -0.2) is 35.4 Å². The summed E-state index contributed by atoms with van der Waals surface area (Å²) in [5.74, 6) is 0.0849. The highest BCUT2D eigenvalue weighted by atomic mass is 35.5. The van der Waals surface area contributed by atoms with Gasteiger partial charge in [0.1, 0.15) is 11.8 Å². The van der Waals surface area contributed by atoms with Gasteiger partial charge in [-0.2, -0.15) is 0 Å². The fourth-order valence-electron chi connectivity index (χ4n) is 2.75. The molecule has 2 aromatic carbocycles. The molecule has 0 aliphatic carbocycles. The number of hydrogen-bond acceptors (Lipinski definition) is 3. The summed E-state index contributed by atoms with van der Waals surface area (Å²) in [7, 11) is 0. The summed E-state index contributed by atoms with van der Waals surface area (Å²) in [5, 5.41) is 3.76. The number of benzene rings is 2. The van der Waals surface area contributed by atoms with Crippen LogP contribution in [0.25, 0.3) is 0 Å². The lowest BCUT2D eigenvalue weighted by atomic mass is 10.1. The summed E-state index contributed by atoms with van der Waals surface area (Å²) in [6.07, 6.45) is 0.801. The second-order valence-corrected chi connectivity index (χ2v) is 8.18. The highest BCUT2D eigenvalue weighted by molar-refractivity contribution is 6.42. The number of halogens is 2. The molecule has 0 saturated heterocycles. The van der Waals surface area contributed by atoms with E-state index in [9.17, 15) is 9.59 Å². The molecule has 162 valence electrons. The van der Waals surface area contributed by atoms with Crippen LogP contribution in [0, 0.1) is 6.92 Å². The van der Waals surface area contributed by atoms with Crippen LogP contribution in [0.5, 0.6) is 5.75 Å². The van der Waals surface area contributed by atoms with Crippen molar-refractivity contribution in [2.75, 3.05) is 6.61 Å². The van der Waals surface area contributed by atoms with Gasteiger partial charge >= 0.3 is 0 Å². The van der Waals surface area contributed by atoms with Gasteiger partial charge in [0.05, 0.1) is 10.0 Å². The van der Waals surface area contributed by atoms with Gasteiger partial charge in [0.15, 0.2) is 6.61 Å². The molecule has 0 heterocycles. The maximum Gasteiger partial charge on any atom is 0.261 e. The molecule has 0 fully saturated rings. The molecule has 2 aromatic rings. The second kappa shape index (κ2) is 11.2. The highest BCUT2D eigenvalue weighted by Crippen LogP contribution is 2.24. The lowest BCUT2D eigenvalue weighted by Crippen LogP contribution is -2.50. The number of nitrogens with zero attached hydrogens (tertiary/aromatic N) is 1. The Morgan fingerprint density at radius 3 is 2.33 bits per heavy atom. The van der Waals surface area contributed by atoms with Crippen molar-refractivity contribution in [3.63, 3.8) is 0 Å². The summed E-state index contributed by atoms with van der Waals surface area (Å²) in [5.41, 5.74) is 1.88. The minimum absolute atomic E-state index is 0.0192. The predicted molar refractivity (Wildman–Crippen MR) is 121 cm³/mol. The van der Waals surface area contributed by atoms with Crippen molar-refractivity contribution in [2.45, 2.75) is 52.7 Å². The van der Waals surface area contributed by atoms with E-state index in [0.717, 1.165) is 17.5 Å². The molecule has 0 aliphatic heterocycles. The van der Waals surface area contributed by atoms with Gasteiger partial charge < -0.3 is 15.0 Å². The van der Waals surface area contributed by atoms with Crippen molar-refractivity contribution >= 4 is 35.0 Å². The molecule has 0 spiro atoms. The Bertz CT molecular complexity index is 871. The van der Waals surface area contributed by atoms with Crippen LogP contribution in [0.3, 0.4) is 0 Å². The highest BCUT2D eigenvalue weighted by Gasteiger charge is 2.27. The summed E-state index contributed by atoms with van der Waals surface area (Å²) < 4.78 is 5.65. The Balaban J connectivity index is 2.17. The molecule has 2 atom stereocenters. The molecule has 5 nitrogen and oxygen atoms in total. The quantitative estimate of drug-likeness (QED) is 0.583. The Labute approximate surface area is 188 Å². The smallest absolute Gasteiger partial charge is 0.261 e. The first kappa shape index (κ1) is 24.0. The van der Waals surface area contributed by atoms with Crippen molar-refractivity contribution < 1.29 is 14.3 Å². The average Bonchev–Trinajstić information content (AvgIpc) is 2.73. The molecule has 0 bridgehead atoms. The fraction of sp³-hybridized carbons (Fsp3) is 0.391. The molecule has 1 N–H and O–H groups in total. The minimum Gasteiger partial charge on any atom is -0.484 e. The summed E-state index contributed by atoms with van der Waals surface area (Å²) in [4.78, 5) is 27.2. The van der Waals surface area contributed by atoms with E-state index >= 15 is 0 Å². The lowest BCUT2D eigenvalue weighted by Gasteiger charge is -2.29. The number of nitrogens with one attached hydrogen (secondary N) is 1. The molecule has 0 aromatic heterocycles. The van der Waals surface area contributed by atoms with Crippen LogP contribution in [0.15, 0.2) is 42.5 Å². The first-order valence-corrected chi connectivity index (χ1v) is 10.7. The number of amides is 2. The van der Waals surface area contributed by atoms with Gasteiger partial charge in [0, 0.05) is 12.6 Å². The van der Waals surface area contributed by atoms with E-state index in [1.165, 1.54) is 4.90 Å². The molecule has 0 radical (unpaired) electrons.